The Hall–Kier alpha value is -3.02. The molecule has 0 saturated carbocycles. The van der Waals surface area contributed by atoms with Crippen LogP contribution in [0.5, 0.6) is 0 Å². The lowest BCUT2D eigenvalue weighted by atomic mass is 10.1. The molecule has 116 valence electrons. The standard InChI is InChI=1S/C17H11F2NO3/c18-12-5-1-10(2-6-12)16-14(9-15(21)22)20-17(23-16)11-3-7-13(19)8-4-11/h1-8H,9H2,(H,21,22)/p-1. The Morgan fingerprint density at radius 2 is 1.48 bits per heavy atom. The summed E-state index contributed by atoms with van der Waals surface area (Å²) in [5.74, 6) is -1.77. The molecule has 2 aromatic carbocycles. The molecular formula is C17H10F2NO3-. The molecule has 3 aromatic rings. The smallest absolute Gasteiger partial charge is 0.227 e. The second-order valence-corrected chi connectivity index (χ2v) is 4.86. The van der Waals surface area contributed by atoms with Gasteiger partial charge in [0.15, 0.2) is 5.76 Å². The topological polar surface area (TPSA) is 66.2 Å². The lowest BCUT2D eigenvalue weighted by Gasteiger charge is -2.01. The van der Waals surface area contributed by atoms with Crippen LogP contribution in [0.2, 0.25) is 0 Å². The monoisotopic (exact) mass is 314 g/mol. The van der Waals surface area contributed by atoms with Crippen LogP contribution < -0.4 is 5.11 Å². The zero-order valence-corrected chi connectivity index (χ0v) is 11.8. The summed E-state index contributed by atoms with van der Waals surface area (Å²) in [5.41, 5.74) is 1.15. The van der Waals surface area contributed by atoms with Crippen LogP contribution in [0.3, 0.4) is 0 Å². The van der Waals surface area contributed by atoms with Crippen LogP contribution in [0.15, 0.2) is 52.9 Å². The highest BCUT2D eigenvalue weighted by Gasteiger charge is 2.16. The predicted octanol–water partition coefficient (Wildman–Crippen LogP) is 2.58. The summed E-state index contributed by atoms with van der Waals surface area (Å²) < 4.78 is 31.6. The van der Waals surface area contributed by atoms with Gasteiger partial charge in [-0.2, -0.15) is 0 Å². The van der Waals surface area contributed by atoms with Crippen LogP contribution >= 0.6 is 0 Å². The van der Waals surface area contributed by atoms with Crippen molar-refractivity contribution in [1.29, 1.82) is 0 Å². The predicted molar refractivity (Wildman–Crippen MR) is 76.0 cm³/mol. The van der Waals surface area contributed by atoms with E-state index < -0.39 is 24.0 Å². The second kappa shape index (κ2) is 6.00. The van der Waals surface area contributed by atoms with Gasteiger partial charge in [-0.15, -0.1) is 0 Å². The van der Waals surface area contributed by atoms with Crippen LogP contribution in [0, 0.1) is 11.6 Å². The number of rotatable bonds is 4. The van der Waals surface area contributed by atoms with Gasteiger partial charge in [-0.05, 0) is 48.5 Å². The van der Waals surface area contributed by atoms with Gasteiger partial charge in [-0.25, -0.2) is 13.8 Å². The van der Waals surface area contributed by atoms with Crippen LogP contribution in [0.1, 0.15) is 5.69 Å². The number of hydrogen-bond donors (Lipinski definition) is 0. The molecule has 0 unspecified atom stereocenters. The molecule has 1 heterocycles. The average molecular weight is 314 g/mol. The minimum Gasteiger partial charge on any atom is -0.550 e. The maximum Gasteiger partial charge on any atom is 0.227 e. The third-order valence-electron chi connectivity index (χ3n) is 3.21. The summed E-state index contributed by atoms with van der Waals surface area (Å²) in [5, 5.41) is 10.9. The van der Waals surface area contributed by atoms with E-state index >= 15 is 0 Å². The van der Waals surface area contributed by atoms with Gasteiger partial charge in [-0.1, -0.05) is 0 Å². The number of carbonyl (C=O) groups is 1. The highest BCUT2D eigenvalue weighted by molar-refractivity contribution is 5.73. The van der Waals surface area contributed by atoms with E-state index in [0.717, 1.165) is 0 Å². The molecule has 3 rings (SSSR count). The normalized spacial score (nSPS) is 10.7. The maximum absolute atomic E-state index is 13.0. The molecular weight excluding hydrogens is 304 g/mol. The number of aliphatic carboxylic acids is 1. The summed E-state index contributed by atoms with van der Waals surface area (Å²) in [6, 6.07) is 10.8. The van der Waals surface area contributed by atoms with E-state index in [9.17, 15) is 18.7 Å². The molecule has 1 aromatic heterocycles. The Morgan fingerprint density at radius 3 is 2.00 bits per heavy atom. The molecule has 0 aliphatic carbocycles. The summed E-state index contributed by atoms with van der Waals surface area (Å²) in [6.45, 7) is 0. The Labute approximate surface area is 130 Å². The van der Waals surface area contributed by atoms with Crippen LogP contribution in [-0.4, -0.2) is 11.0 Å². The molecule has 0 fully saturated rings. The lowest BCUT2D eigenvalue weighted by molar-refractivity contribution is -0.304. The van der Waals surface area contributed by atoms with Crippen molar-refractivity contribution in [3.63, 3.8) is 0 Å². The van der Waals surface area contributed by atoms with E-state index in [1.807, 2.05) is 0 Å². The van der Waals surface area contributed by atoms with Gasteiger partial charge in [0.1, 0.15) is 11.6 Å². The molecule has 23 heavy (non-hydrogen) atoms. The molecule has 6 heteroatoms. The Bertz CT molecular complexity index is 839. The SMILES string of the molecule is O=C([O-])Cc1nc(-c2ccc(F)cc2)oc1-c1ccc(F)cc1. The first-order valence-corrected chi connectivity index (χ1v) is 6.74. The minimum atomic E-state index is -1.31. The molecule has 0 saturated heterocycles. The fraction of sp³-hybridized carbons (Fsp3) is 0.0588. The van der Waals surface area contributed by atoms with Crippen molar-refractivity contribution in [2.24, 2.45) is 0 Å². The number of carbonyl (C=O) groups excluding carboxylic acids is 1. The van der Waals surface area contributed by atoms with Crippen molar-refractivity contribution in [2.45, 2.75) is 6.42 Å². The fourth-order valence-corrected chi connectivity index (χ4v) is 2.15. The number of aromatic nitrogens is 1. The molecule has 0 spiro atoms. The Balaban J connectivity index is 2.08. The summed E-state index contributed by atoms with van der Waals surface area (Å²) in [7, 11) is 0. The molecule has 0 bridgehead atoms. The number of nitrogens with zero attached hydrogens (tertiary/aromatic N) is 1. The van der Waals surface area contributed by atoms with Gasteiger partial charge >= 0.3 is 0 Å². The molecule has 0 radical (unpaired) electrons. The number of hydrogen-bond acceptors (Lipinski definition) is 4. The third-order valence-corrected chi connectivity index (χ3v) is 3.21. The van der Waals surface area contributed by atoms with Crippen molar-refractivity contribution in [3.05, 3.63) is 65.9 Å². The fourth-order valence-electron chi connectivity index (χ4n) is 2.15. The lowest BCUT2D eigenvalue weighted by Crippen LogP contribution is -2.24. The van der Waals surface area contributed by atoms with Gasteiger partial charge in [0, 0.05) is 23.5 Å². The highest BCUT2D eigenvalue weighted by Crippen LogP contribution is 2.30. The van der Waals surface area contributed by atoms with E-state index in [4.69, 9.17) is 4.42 Å². The van der Waals surface area contributed by atoms with E-state index in [1.54, 1.807) is 0 Å². The van der Waals surface area contributed by atoms with E-state index in [1.165, 1.54) is 48.5 Å². The van der Waals surface area contributed by atoms with Crippen molar-refractivity contribution in [2.75, 3.05) is 0 Å². The first-order chi connectivity index (χ1) is 11.0. The van der Waals surface area contributed by atoms with E-state index in [0.29, 0.717) is 11.1 Å². The Kier molecular flexibility index (Phi) is 3.89. The average Bonchev–Trinajstić information content (AvgIpc) is 2.92. The summed E-state index contributed by atoms with van der Waals surface area (Å²) in [6.07, 6.45) is -0.447. The van der Waals surface area contributed by atoms with Gasteiger partial charge in [-0.3, -0.25) is 0 Å². The van der Waals surface area contributed by atoms with Crippen molar-refractivity contribution in [1.82, 2.24) is 4.98 Å². The molecule has 0 N–H and O–H groups in total. The number of carboxylic acids is 1. The zero-order valence-electron chi connectivity index (χ0n) is 11.8. The van der Waals surface area contributed by atoms with Crippen molar-refractivity contribution < 1.29 is 23.1 Å². The maximum atomic E-state index is 13.0. The molecule has 0 atom stereocenters. The molecule has 0 amide bonds. The highest BCUT2D eigenvalue weighted by atomic mass is 19.1. The number of carboxylic acid groups (broad SMARTS) is 1. The summed E-state index contributed by atoms with van der Waals surface area (Å²) >= 11 is 0. The first-order valence-electron chi connectivity index (χ1n) is 6.74. The van der Waals surface area contributed by atoms with E-state index in [2.05, 4.69) is 4.98 Å². The quantitative estimate of drug-likeness (QED) is 0.742. The van der Waals surface area contributed by atoms with Gasteiger partial charge < -0.3 is 14.3 Å². The van der Waals surface area contributed by atoms with Gasteiger partial charge in [0.25, 0.3) is 0 Å². The molecule has 0 aliphatic rings. The molecule has 4 nitrogen and oxygen atoms in total. The number of halogens is 2. The van der Waals surface area contributed by atoms with Crippen molar-refractivity contribution >= 4 is 5.97 Å². The van der Waals surface area contributed by atoms with Crippen LogP contribution in [-0.2, 0) is 11.2 Å². The first kappa shape index (κ1) is 14.9. The summed E-state index contributed by atoms with van der Waals surface area (Å²) in [4.78, 5) is 15.0. The molecule has 0 aliphatic heterocycles. The van der Waals surface area contributed by atoms with Gasteiger partial charge in [0.05, 0.1) is 5.69 Å². The second-order valence-electron chi connectivity index (χ2n) is 4.86. The number of oxazole rings is 1. The zero-order chi connectivity index (χ0) is 16.4. The van der Waals surface area contributed by atoms with E-state index in [-0.39, 0.29) is 17.3 Å². The third kappa shape index (κ3) is 3.26. The number of benzene rings is 2. The van der Waals surface area contributed by atoms with Crippen LogP contribution in [0.4, 0.5) is 8.78 Å². The largest absolute Gasteiger partial charge is 0.550 e. The van der Waals surface area contributed by atoms with Crippen LogP contribution in [0.25, 0.3) is 22.8 Å². The van der Waals surface area contributed by atoms with Gasteiger partial charge in [0.2, 0.25) is 5.89 Å². The minimum absolute atomic E-state index is 0.153. The van der Waals surface area contributed by atoms with Crippen molar-refractivity contribution in [3.8, 4) is 22.8 Å². The Morgan fingerprint density at radius 1 is 0.957 bits per heavy atom.